The first kappa shape index (κ1) is 17.4. The quantitative estimate of drug-likeness (QED) is 0.812. The van der Waals surface area contributed by atoms with E-state index >= 15 is 0 Å². The van der Waals surface area contributed by atoms with Crippen molar-refractivity contribution < 1.29 is 9.21 Å². The molecule has 0 aliphatic carbocycles. The average Bonchev–Trinajstić information content (AvgIpc) is 3.06. The summed E-state index contributed by atoms with van der Waals surface area (Å²) in [5.41, 5.74) is 2.08. The van der Waals surface area contributed by atoms with E-state index in [2.05, 4.69) is 34.2 Å². The largest absolute Gasteiger partial charge is 0.449 e. The van der Waals surface area contributed by atoms with Crippen molar-refractivity contribution in [3.8, 4) is 0 Å². The summed E-state index contributed by atoms with van der Waals surface area (Å²) < 4.78 is 5.18. The van der Waals surface area contributed by atoms with Gasteiger partial charge in [-0.1, -0.05) is 42.5 Å². The number of rotatable bonds is 6. The lowest BCUT2D eigenvalue weighted by molar-refractivity contribution is -0.132. The lowest BCUT2D eigenvalue weighted by Crippen LogP contribution is -2.48. The van der Waals surface area contributed by atoms with Crippen molar-refractivity contribution in [1.29, 1.82) is 0 Å². The fourth-order valence-corrected chi connectivity index (χ4v) is 3.00. The Bertz CT molecular complexity index is 701. The van der Waals surface area contributed by atoms with Gasteiger partial charge in [0.1, 0.15) is 6.26 Å². The Morgan fingerprint density at radius 2 is 1.96 bits per heavy atom. The molecule has 1 aliphatic heterocycles. The minimum absolute atomic E-state index is 0.208. The van der Waals surface area contributed by atoms with Gasteiger partial charge < -0.3 is 9.32 Å². The highest BCUT2D eigenvalue weighted by Gasteiger charge is 2.20. The number of benzene rings is 1. The van der Waals surface area contributed by atoms with Crippen molar-refractivity contribution in [2.75, 3.05) is 32.7 Å². The topological polar surface area (TPSA) is 49.6 Å². The van der Waals surface area contributed by atoms with E-state index in [1.165, 1.54) is 5.56 Å². The van der Waals surface area contributed by atoms with Crippen LogP contribution in [0.4, 0.5) is 0 Å². The van der Waals surface area contributed by atoms with Crippen LogP contribution in [0, 0.1) is 6.92 Å². The van der Waals surface area contributed by atoms with Crippen molar-refractivity contribution in [3.63, 3.8) is 0 Å². The van der Waals surface area contributed by atoms with Crippen molar-refractivity contribution in [2.24, 2.45) is 0 Å². The molecular formula is C20H25N3O2. The minimum Gasteiger partial charge on any atom is -0.449 e. The smallest absolute Gasteiger partial charge is 0.223 e. The third kappa shape index (κ3) is 5.29. The number of nitrogens with zero attached hydrogens (tertiary/aromatic N) is 3. The van der Waals surface area contributed by atoms with Crippen LogP contribution in [-0.4, -0.2) is 53.4 Å². The van der Waals surface area contributed by atoms with Crippen LogP contribution in [-0.2, 0) is 11.2 Å². The molecule has 25 heavy (non-hydrogen) atoms. The summed E-state index contributed by atoms with van der Waals surface area (Å²) >= 11 is 0. The predicted octanol–water partition coefficient (Wildman–Crippen LogP) is 2.77. The number of oxazole rings is 1. The molecule has 1 amide bonds. The van der Waals surface area contributed by atoms with Crippen molar-refractivity contribution in [1.82, 2.24) is 14.8 Å². The molecule has 0 radical (unpaired) electrons. The molecule has 0 atom stereocenters. The van der Waals surface area contributed by atoms with E-state index in [0.717, 1.165) is 38.4 Å². The molecule has 1 fully saturated rings. The fourth-order valence-electron chi connectivity index (χ4n) is 3.00. The fraction of sp³-hybridized carbons (Fsp3) is 0.400. The number of hydrogen-bond donors (Lipinski definition) is 0. The summed E-state index contributed by atoms with van der Waals surface area (Å²) in [5, 5.41) is 0. The van der Waals surface area contributed by atoms with Crippen LogP contribution in [0.1, 0.15) is 23.6 Å². The first-order valence-electron chi connectivity index (χ1n) is 8.83. The Morgan fingerprint density at radius 1 is 1.20 bits per heavy atom. The van der Waals surface area contributed by atoms with Gasteiger partial charge >= 0.3 is 0 Å². The second-order valence-electron chi connectivity index (χ2n) is 6.35. The SMILES string of the molecule is Cc1nc(CCC(=O)N2CCN(C/C=C/c3ccccc3)CC2)co1. The Labute approximate surface area is 149 Å². The molecule has 0 N–H and O–H groups in total. The van der Waals surface area contributed by atoms with Gasteiger partial charge in [0.2, 0.25) is 5.91 Å². The molecule has 0 bridgehead atoms. The summed E-state index contributed by atoms with van der Waals surface area (Å²) in [5.74, 6) is 0.861. The van der Waals surface area contributed by atoms with E-state index in [4.69, 9.17) is 4.42 Å². The molecule has 132 valence electrons. The van der Waals surface area contributed by atoms with E-state index in [-0.39, 0.29) is 5.91 Å². The zero-order valence-electron chi connectivity index (χ0n) is 14.7. The monoisotopic (exact) mass is 339 g/mol. The molecule has 1 saturated heterocycles. The zero-order chi connectivity index (χ0) is 17.5. The molecule has 3 rings (SSSR count). The van der Waals surface area contributed by atoms with E-state index in [1.54, 1.807) is 6.26 Å². The Balaban J connectivity index is 1.37. The number of amides is 1. The second-order valence-corrected chi connectivity index (χ2v) is 6.35. The standard InChI is InChI=1S/C20H25N3O2/c1-17-21-19(16-25-17)9-10-20(24)23-14-12-22(13-15-23)11-5-8-18-6-3-2-4-7-18/h2-8,16H,9-15H2,1H3/b8-5+. The van der Waals surface area contributed by atoms with Crippen molar-refractivity contribution >= 4 is 12.0 Å². The maximum absolute atomic E-state index is 12.3. The van der Waals surface area contributed by atoms with Gasteiger partial charge in [0, 0.05) is 52.5 Å². The van der Waals surface area contributed by atoms with Crippen LogP contribution in [0.5, 0.6) is 0 Å². The van der Waals surface area contributed by atoms with Crippen LogP contribution >= 0.6 is 0 Å². The van der Waals surface area contributed by atoms with Crippen LogP contribution in [0.15, 0.2) is 47.1 Å². The molecule has 0 saturated carbocycles. The lowest BCUT2D eigenvalue weighted by atomic mass is 10.2. The molecule has 2 heterocycles. The van der Waals surface area contributed by atoms with Crippen LogP contribution in [0.25, 0.3) is 6.08 Å². The normalized spacial score (nSPS) is 15.8. The molecule has 0 unspecified atom stereocenters. The molecule has 1 aromatic carbocycles. The van der Waals surface area contributed by atoms with Gasteiger partial charge in [-0.05, 0) is 5.56 Å². The summed E-state index contributed by atoms with van der Waals surface area (Å²) in [6.45, 7) is 6.19. The third-order valence-electron chi connectivity index (χ3n) is 4.46. The van der Waals surface area contributed by atoms with Crippen LogP contribution < -0.4 is 0 Å². The van der Waals surface area contributed by atoms with Crippen molar-refractivity contribution in [2.45, 2.75) is 19.8 Å². The molecule has 2 aromatic rings. The average molecular weight is 339 g/mol. The third-order valence-corrected chi connectivity index (χ3v) is 4.46. The maximum Gasteiger partial charge on any atom is 0.223 e. The molecule has 5 heteroatoms. The second kappa shape index (κ2) is 8.62. The Morgan fingerprint density at radius 3 is 2.64 bits per heavy atom. The summed E-state index contributed by atoms with van der Waals surface area (Å²) in [7, 11) is 0. The highest BCUT2D eigenvalue weighted by atomic mass is 16.3. The van der Waals surface area contributed by atoms with Gasteiger partial charge in [-0.3, -0.25) is 9.69 Å². The number of hydrogen-bond acceptors (Lipinski definition) is 4. The summed E-state index contributed by atoms with van der Waals surface area (Å²) in [6.07, 6.45) is 7.13. The molecule has 0 spiro atoms. The first-order valence-corrected chi connectivity index (χ1v) is 8.83. The zero-order valence-corrected chi connectivity index (χ0v) is 14.7. The number of carbonyl (C=O) groups excluding carboxylic acids is 1. The van der Waals surface area contributed by atoms with E-state index < -0.39 is 0 Å². The minimum atomic E-state index is 0.208. The lowest BCUT2D eigenvalue weighted by Gasteiger charge is -2.34. The maximum atomic E-state index is 12.3. The highest BCUT2D eigenvalue weighted by Crippen LogP contribution is 2.09. The van der Waals surface area contributed by atoms with Gasteiger partial charge in [-0.25, -0.2) is 4.98 Å². The molecule has 1 aromatic heterocycles. The summed E-state index contributed by atoms with van der Waals surface area (Å²) in [6, 6.07) is 10.3. The van der Waals surface area contributed by atoms with Crippen LogP contribution in [0.2, 0.25) is 0 Å². The van der Waals surface area contributed by atoms with E-state index in [9.17, 15) is 4.79 Å². The number of carbonyl (C=O) groups is 1. The van der Waals surface area contributed by atoms with Gasteiger partial charge in [0.15, 0.2) is 5.89 Å². The Kier molecular flexibility index (Phi) is 6.01. The number of aryl methyl sites for hydroxylation is 2. The van der Waals surface area contributed by atoms with Gasteiger partial charge in [0.25, 0.3) is 0 Å². The summed E-state index contributed by atoms with van der Waals surface area (Å²) in [4.78, 5) is 20.9. The van der Waals surface area contributed by atoms with Gasteiger partial charge in [0.05, 0.1) is 5.69 Å². The van der Waals surface area contributed by atoms with Crippen LogP contribution in [0.3, 0.4) is 0 Å². The van der Waals surface area contributed by atoms with Gasteiger partial charge in [-0.2, -0.15) is 0 Å². The Hall–Kier alpha value is -2.40. The first-order chi connectivity index (χ1) is 12.2. The number of piperazine rings is 1. The molecule has 5 nitrogen and oxygen atoms in total. The van der Waals surface area contributed by atoms with E-state index in [0.29, 0.717) is 18.7 Å². The number of aromatic nitrogens is 1. The molecule has 1 aliphatic rings. The van der Waals surface area contributed by atoms with E-state index in [1.807, 2.05) is 30.0 Å². The predicted molar refractivity (Wildman–Crippen MR) is 98.1 cm³/mol. The van der Waals surface area contributed by atoms with Crippen molar-refractivity contribution in [3.05, 3.63) is 59.8 Å². The highest BCUT2D eigenvalue weighted by molar-refractivity contribution is 5.76. The van der Waals surface area contributed by atoms with Gasteiger partial charge in [-0.15, -0.1) is 0 Å². The molecular weight excluding hydrogens is 314 g/mol.